The molecule has 0 aliphatic rings. The standard InChI is InChI=1S/C24H30BrN5O2/c1-4-5-8-13-30(22(16(2)3)24(31)32)15-18-12-11-17(14-21(18)25)19-9-6-7-10-20(19)23-26-28-29-27-23/h6-7,9-12,14,16,22H,4-5,8,13,15H2,1-3H3,(H,31,32)(H,26,27,28,29)/t22-/m0/s1. The van der Waals surface area contributed by atoms with Crippen molar-refractivity contribution in [1.29, 1.82) is 0 Å². The molecule has 2 aromatic carbocycles. The van der Waals surface area contributed by atoms with Crippen LogP contribution in [0.4, 0.5) is 0 Å². The molecule has 0 bridgehead atoms. The van der Waals surface area contributed by atoms with Crippen LogP contribution < -0.4 is 0 Å². The topological polar surface area (TPSA) is 95.0 Å². The second-order valence-electron chi connectivity index (χ2n) is 8.31. The van der Waals surface area contributed by atoms with E-state index in [1.807, 2.05) is 38.1 Å². The molecule has 8 heteroatoms. The van der Waals surface area contributed by atoms with Crippen LogP contribution in [0.5, 0.6) is 0 Å². The minimum atomic E-state index is -0.765. The first-order valence-corrected chi connectivity index (χ1v) is 11.8. The van der Waals surface area contributed by atoms with Crippen molar-refractivity contribution in [2.24, 2.45) is 5.92 Å². The van der Waals surface area contributed by atoms with E-state index in [2.05, 4.69) is 66.6 Å². The Labute approximate surface area is 197 Å². The van der Waals surface area contributed by atoms with Crippen LogP contribution in [-0.2, 0) is 11.3 Å². The summed E-state index contributed by atoms with van der Waals surface area (Å²) in [6.45, 7) is 7.44. The third-order valence-electron chi connectivity index (χ3n) is 5.59. The quantitative estimate of drug-likeness (QED) is 0.343. The molecule has 0 aliphatic carbocycles. The highest BCUT2D eigenvalue weighted by Gasteiger charge is 2.29. The Kier molecular flexibility index (Phi) is 8.53. The van der Waals surface area contributed by atoms with Gasteiger partial charge in [0.2, 0.25) is 0 Å². The fraction of sp³-hybridized carbons (Fsp3) is 0.417. The van der Waals surface area contributed by atoms with E-state index < -0.39 is 12.0 Å². The molecular weight excluding hydrogens is 470 g/mol. The highest BCUT2D eigenvalue weighted by atomic mass is 79.9. The van der Waals surface area contributed by atoms with E-state index in [1.165, 1.54) is 0 Å². The molecule has 0 aliphatic heterocycles. The maximum Gasteiger partial charge on any atom is 0.321 e. The molecule has 32 heavy (non-hydrogen) atoms. The number of nitrogens with one attached hydrogen (secondary N) is 1. The normalized spacial score (nSPS) is 12.4. The van der Waals surface area contributed by atoms with E-state index in [0.717, 1.165) is 52.5 Å². The lowest BCUT2D eigenvalue weighted by atomic mass is 9.97. The molecule has 1 heterocycles. The Morgan fingerprint density at radius 2 is 1.91 bits per heavy atom. The van der Waals surface area contributed by atoms with Crippen LogP contribution in [0.3, 0.4) is 0 Å². The van der Waals surface area contributed by atoms with Crippen LogP contribution in [0.15, 0.2) is 46.9 Å². The Balaban J connectivity index is 1.89. The summed E-state index contributed by atoms with van der Waals surface area (Å²) in [5.74, 6) is -0.127. The number of unbranched alkanes of at least 4 members (excludes halogenated alkanes) is 2. The predicted octanol–water partition coefficient (Wildman–Crippen LogP) is 5.40. The van der Waals surface area contributed by atoms with Crippen LogP contribution in [0, 0.1) is 5.92 Å². The Hall–Kier alpha value is -2.58. The number of hydrogen-bond donors (Lipinski definition) is 2. The zero-order valence-corrected chi connectivity index (χ0v) is 20.3. The SMILES string of the molecule is CCCCCN(Cc1ccc(-c2ccccc2-c2nnn[nH]2)cc1Br)[C@H](C(=O)O)C(C)C. The van der Waals surface area contributed by atoms with Crippen LogP contribution >= 0.6 is 15.9 Å². The number of aliphatic carboxylic acids is 1. The maximum atomic E-state index is 12.0. The Morgan fingerprint density at radius 3 is 2.50 bits per heavy atom. The van der Waals surface area contributed by atoms with Gasteiger partial charge in [0.15, 0.2) is 5.82 Å². The molecule has 0 saturated heterocycles. The predicted molar refractivity (Wildman–Crippen MR) is 129 cm³/mol. The van der Waals surface area contributed by atoms with Gasteiger partial charge >= 0.3 is 5.97 Å². The summed E-state index contributed by atoms with van der Waals surface area (Å²) in [4.78, 5) is 14.1. The van der Waals surface area contributed by atoms with Crippen molar-refractivity contribution in [2.75, 3.05) is 6.54 Å². The number of rotatable bonds is 11. The third-order valence-corrected chi connectivity index (χ3v) is 6.33. The van der Waals surface area contributed by atoms with Gasteiger partial charge in [-0.3, -0.25) is 9.69 Å². The van der Waals surface area contributed by atoms with Crippen molar-refractivity contribution in [3.63, 3.8) is 0 Å². The molecular formula is C24H30BrN5O2. The first kappa shape index (κ1) is 24.1. The molecule has 0 spiro atoms. The van der Waals surface area contributed by atoms with E-state index in [1.54, 1.807) is 0 Å². The van der Waals surface area contributed by atoms with Gasteiger partial charge in [-0.15, -0.1) is 5.10 Å². The van der Waals surface area contributed by atoms with Crippen LogP contribution in [0.2, 0.25) is 0 Å². The van der Waals surface area contributed by atoms with Crippen molar-refractivity contribution in [1.82, 2.24) is 25.5 Å². The van der Waals surface area contributed by atoms with Crippen LogP contribution in [0.1, 0.15) is 45.6 Å². The molecule has 1 aromatic heterocycles. The minimum Gasteiger partial charge on any atom is -0.480 e. The Bertz CT molecular complexity index is 1020. The van der Waals surface area contributed by atoms with Gasteiger partial charge in [0.1, 0.15) is 6.04 Å². The van der Waals surface area contributed by atoms with Crippen molar-refractivity contribution in [3.8, 4) is 22.5 Å². The molecule has 0 saturated carbocycles. The summed E-state index contributed by atoms with van der Waals surface area (Å²) in [6, 6.07) is 13.7. The highest BCUT2D eigenvalue weighted by Crippen LogP contribution is 2.33. The summed E-state index contributed by atoms with van der Waals surface area (Å²) in [5, 5.41) is 24.1. The smallest absolute Gasteiger partial charge is 0.321 e. The van der Waals surface area contributed by atoms with Crippen LogP contribution in [0.25, 0.3) is 22.5 Å². The van der Waals surface area contributed by atoms with E-state index in [9.17, 15) is 9.90 Å². The maximum absolute atomic E-state index is 12.0. The number of carboxylic acid groups (broad SMARTS) is 1. The number of halogens is 1. The summed E-state index contributed by atoms with van der Waals surface area (Å²) in [7, 11) is 0. The largest absolute Gasteiger partial charge is 0.480 e. The molecule has 170 valence electrons. The monoisotopic (exact) mass is 499 g/mol. The van der Waals surface area contributed by atoms with E-state index in [4.69, 9.17) is 0 Å². The van der Waals surface area contributed by atoms with E-state index >= 15 is 0 Å². The molecule has 3 aromatic rings. The van der Waals surface area contributed by atoms with Gasteiger partial charge in [-0.05, 0) is 52.1 Å². The number of hydrogen-bond acceptors (Lipinski definition) is 5. The summed E-state index contributed by atoms with van der Waals surface area (Å²) < 4.78 is 0.953. The van der Waals surface area contributed by atoms with Crippen molar-refractivity contribution in [3.05, 3.63) is 52.5 Å². The van der Waals surface area contributed by atoms with Gasteiger partial charge < -0.3 is 5.11 Å². The molecule has 0 amide bonds. The molecule has 1 atom stereocenters. The zero-order chi connectivity index (χ0) is 23.1. The number of tetrazole rings is 1. The number of benzene rings is 2. The summed E-state index contributed by atoms with van der Waals surface area (Å²) >= 11 is 3.73. The van der Waals surface area contributed by atoms with Gasteiger partial charge in [0.05, 0.1) is 0 Å². The van der Waals surface area contributed by atoms with Gasteiger partial charge in [0.25, 0.3) is 0 Å². The Morgan fingerprint density at radius 1 is 1.16 bits per heavy atom. The number of aromatic nitrogens is 4. The number of H-pyrrole nitrogens is 1. The fourth-order valence-electron chi connectivity index (χ4n) is 4.02. The van der Waals surface area contributed by atoms with Gasteiger partial charge in [-0.1, -0.05) is 85.9 Å². The molecule has 3 rings (SSSR count). The van der Waals surface area contributed by atoms with Gasteiger partial charge in [-0.2, -0.15) is 0 Å². The zero-order valence-electron chi connectivity index (χ0n) is 18.8. The summed E-state index contributed by atoms with van der Waals surface area (Å²) in [5.41, 5.74) is 4.03. The van der Waals surface area contributed by atoms with Crippen molar-refractivity contribution >= 4 is 21.9 Å². The molecule has 0 unspecified atom stereocenters. The molecule has 0 radical (unpaired) electrons. The third kappa shape index (κ3) is 5.81. The number of carbonyl (C=O) groups is 1. The van der Waals surface area contributed by atoms with Crippen LogP contribution in [-0.4, -0.2) is 49.2 Å². The molecule has 7 nitrogen and oxygen atoms in total. The van der Waals surface area contributed by atoms with Gasteiger partial charge in [-0.25, -0.2) is 5.10 Å². The number of carboxylic acids is 1. The lowest BCUT2D eigenvalue weighted by Gasteiger charge is -2.32. The average Bonchev–Trinajstić information content (AvgIpc) is 3.29. The number of nitrogens with zero attached hydrogens (tertiary/aromatic N) is 4. The van der Waals surface area contributed by atoms with E-state index in [0.29, 0.717) is 12.4 Å². The second kappa shape index (κ2) is 11.3. The first-order chi connectivity index (χ1) is 15.4. The van der Waals surface area contributed by atoms with Gasteiger partial charge in [0, 0.05) is 16.6 Å². The fourth-order valence-corrected chi connectivity index (χ4v) is 4.53. The minimum absolute atomic E-state index is 0.0227. The van der Waals surface area contributed by atoms with Crippen molar-refractivity contribution in [2.45, 2.75) is 52.6 Å². The highest BCUT2D eigenvalue weighted by molar-refractivity contribution is 9.10. The lowest BCUT2D eigenvalue weighted by Crippen LogP contribution is -2.44. The van der Waals surface area contributed by atoms with Crippen molar-refractivity contribution < 1.29 is 9.90 Å². The first-order valence-electron chi connectivity index (χ1n) is 11.0. The lowest BCUT2D eigenvalue weighted by molar-refractivity contribution is -0.145. The second-order valence-corrected chi connectivity index (χ2v) is 9.16. The molecule has 0 fully saturated rings. The summed E-state index contributed by atoms with van der Waals surface area (Å²) in [6.07, 6.45) is 3.18. The number of aromatic amines is 1. The van der Waals surface area contributed by atoms with E-state index in [-0.39, 0.29) is 5.92 Å². The average molecular weight is 500 g/mol. The molecule has 2 N–H and O–H groups in total.